The Balaban J connectivity index is 1.22. The van der Waals surface area contributed by atoms with Gasteiger partial charge in [0.05, 0.1) is 5.75 Å². The molecule has 146 valence electrons. The smallest absolute Gasteiger partial charge is 0.231 e. The van der Waals surface area contributed by atoms with E-state index in [4.69, 9.17) is 9.47 Å². The van der Waals surface area contributed by atoms with E-state index in [-0.39, 0.29) is 24.3 Å². The number of carbonyl (C=O) groups excluding carboxylic acids is 1. The van der Waals surface area contributed by atoms with Crippen molar-refractivity contribution in [2.45, 2.75) is 11.7 Å². The Kier molecular flexibility index (Phi) is 4.39. The molecule has 3 heterocycles. The average Bonchev–Trinajstić information content (AvgIpc) is 3.34. The van der Waals surface area contributed by atoms with Gasteiger partial charge in [-0.2, -0.15) is 0 Å². The molecule has 5 rings (SSSR count). The van der Waals surface area contributed by atoms with Gasteiger partial charge in [0.15, 0.2) is 17.1 Å². The molecule has 1 amide bonds. The lowest BCUT2D eigenvalue weighted by molar-refractivity contribution is -0.118. The summed E-state index contributed by atoms with van der Waals surface area (Å²) in [5.74, 6) is 1.02. The minimum absolute atomic E-state index is 0.145. The Morgan fingerprint density at radius 3 is 3.00 bits per heavy atom. The van der Waals surface area contributed by atoms with E-state index in [2.05, 4.69) is 25.5 Å². The van der Waals surface area contributed by atoms with Crippen LogP contribution in [0.1, 0.15) is 5.56 Å². The van der Waals surface area contributed by atoms with Gasteiger partial charge < -0.3 is 19.8 Å². The number of aromatic nitrogens is 4. The number of hydrogen-bond acceptors (Lipinski definition) is 7. The van der Waals surface area contributed by atoms with Crippen LogP contribution >= 0.6 is 11.8 Å². The van der Waals surface area contributed by atoms with Crippen LogP contribution in [0.4, 0.5) is 4.39 Å². The van der Waals surface area contributed by atoms with Crippen LogP contribution in [-0.2, 0) is 11.3 Å². The second kappa shape index (κ2) is 7.21. The lowest BCUT2D eigenvalue weighted by Crippen LogP contribution is -2.24. The summed E-state index contributed by atoms with van der Waals surface area (Å²) in [5.41, 5.74) is 2.64. The highest BCUT2D eigenvalue weighted by atomic mass is 32.2. The van der Waals surface area contributed by atoms with Crippen molar-refractivity contribution in [3.05, 3.63) is 47.8 Å². The molecule has 4 aromatic rings. The van der Waals surface area contributed by atoms with Crippen LogP contribution in [0.2, 0.25) is 0 Å². The molecule has 0 fully saturated rings. The minimum atomic E-state index is -0.349. The molecular formula is C19H14FN5O3S. The summed E-state index contributed by atoms with van der Waals surface area (Å²) in [6.45, 7) is 0.591. The maximum Gasteiger partial charge on any atom is 0.231 e. The normalized spacial score (nSPS) is 12.6. The zero-order valence-electron chi connectivity index (χ0n) is 14.9. The first-order valence-electron chi connectivity index (χ1n) is 8.75. The highest BCUT2D eigenvalue weighted by molar-refractivity contribution is 7.99. The molecule has 2 N–H and O–H groups in total. The largest absolute Gasteiger partial charge is 0.454 e. The number of aromatic amines is 1. The number of H-pyrrole nitrogens is 1. The van der Waals surface area contributed by atoms with Gasteiger partial charge in [-0.1, -0.05) is 17.8 Å². The summed E-state index contributed by atoms with van der Waals surface area (Å²) in [6, 6.07) is 9.92. The third-order valence-electron chi connectivity index (χ3n) is 4.42. The highest BCUT2D eigenvalue weighted by Gasteiger charge is 2.14. The van der Waals surface area contributed by atoms with Crippen molar-refractivity contribution in [1.82, 2.24) is 25.5 Å². The molecule has 0 aliphatic carbocycles. The van der Waals surface area contributed by atoms with Gasteiger partial charge in [0.2, 0.25) is 17.9 Å². The Bertz CT molecular complexity index is 1250. The van der Waals surface area contributed by atoms with E-state index >= 15 is 0 Å². The summed E-state index contributed by atoms with van der Waals surface area (Å²) in [5, 5.41) is 12.0. The van der Waals surface area contributed by atoms with Crippen LogP contribution in [0.3, 0.4) is 0 Å². The van der Waals surface area contributed by atoms with Gasteiger partial charge in [-0.25, -0.2) is 9.37 Å². The van der Waals surface area contributed by atoms with Gasteiger partial charge in [-0.15, -0.1) is 10.2 Å². The molecule has 0 spiro atoms. The number of halogens is 1. The first kappa shape index (κ1) is 17.7. The van der Waals surface area contributed by atoms with E-state index in [0.717, 1.165) is 11.1 Å². The van der Waals surface area contributed by atoms with Crippen molar-refractivity contribution < 1.29 is 18.7 Å². The molecule has 1 aliphatic heterocycles. The van der Waals surface area contributed by atoms with Crippen molar-refractivity contribution in [2.24, 2.45) is 0 Å². The summed E-state index contributed by atoms with van der Waals surface area (Å²) >= 11 is 1.18. The van der Waals surface area contributed by atoms with Crippen LogP contribution in [0.15, 0.2) is 41.6 Å². The van der Waals surface area contributed by atoms with Gasteiger partial charge >= 0.3 is 0 Å². The fourth-order valence-corrected chi connectivity index (χ4v) is 3.64. The number of hydrogen-bond donors (Lipinski definition) is 2. The molecule has 0 radical (unpaired) electrons. The molecule has 1 aliphatic rings. The van der Waals surface area contributed by atoms with E-state index in [1.807, 2.05) is 18.2 Å². The second-order valence-electron chi connectivity index (χ2n) is 6.36. The summed E-state index contributed by atoms with van der Waals surface area (Å²) in [7, 11) is 0. The standard InChI is InChI=1S/C19H14FN5O3S/c20-11-2-3-13-12(6-11)17-18(22-13)23-19(25-24-17)29-8-16(26)21-7-10-1-4-14-15(5-10)28-9-27-14/h1-6H,7-9H2,(H,21,26)(H,22,23,25). The fraction of sp³-hybridized carbons (Fsp3) is 0.158. The summed E-state index contributed by atoms with van der Waals surface area (Å²) in [6.07, 6.45) is 0. The van der Waals surface area contributed by atoms with Crippen LogP contribution < -0.4 is 14.8 Å². The number of nitrogens with zero attached hydrogens (tertiary/aromatic N) is 3. The molecular weight excluding hydrogens is 397 g/mol. The Hall–Kier alpha value is -3.40. The third kappa shape index (κ3) is 3.54. The average molecular weight is 411 g/mol. The molecule has 29 heavy (non-hydrogen) atoms. The van der Waals surface area contributed by atoms with Crippen molar-refractivity contribution >= 4 is 39.7 Å². The second-order valence-corrected chi connectivity index (χ2v) is 7.30. The lowest BCUT2D eigenvalue weighted by atomic mass is 10.2. The minimum Gasteiger partial charge on any atom is -0.454 e. The molecule has 0 saturated heterocycles. The SMILES string of the molecule is O=C(CSc1nnc2c(n1)[nH]c1ccc(F)cc12)NCc1ccc2c(c1)OCO2. The zero-order valence-corrected chi connectivity index (χ0v) is 15.8. The van der Waals surface area contributed by atoms with E-state index in [0.29, 0.717) is 39.8 Å². The zero-order chi connectivity index (χ0) is 19.8. The molecule has 0 bridgehead atoms. The molecule has 0 atom stereocenters. The fourth-order valence-electron chi connectivity index (χ4n) is 3.02. The monoisotopic (exact) mass is 411 g/mol. The molecule has 10 heteroatoms. The Morgan fingerprint density at radius 2 is 2.07 bits per heavy atom. The molecule has 0 unspecified atom stereocenters. The highest BCUT2D eigenvalue weighted by Crippen LogP contribution is 2.32. The molecule has 2 aromatic heterocycles. The van der Waals surface area contributed by atoms with Crippen molar-refractivity contribution in [2.75, 3.05) is 12.5 Å². The van der Waals surface area contributed by atoms with E-state index < -0.39 is 0 Å². The Morgan fingerprint density at radius 1 is 1.17 bits per heavy atom. The number of nitrogens with one attached hydrogen (secondary N) is 2. The molecule has 0 saturated carbocycles. The van der Waals surface area contributed by atoms with E-state index in [1.54, 1.807) is 6.07 Å². The maximum absolute atomic E-state index is 13.4. The van der Waals surface area contributed by atoms with Crippen LogP contribution in [0.25, 0.3) is 22.1 Å². The summed E-state index contributed by atoms with van der Waals surface area (Å²) < 4.78 is 24.0. The van der Waals surface area contributed by atoms with Gasteiger partial charge in [0.1, 0.15) is 11.3 Å². The quantitative estimate of drug-likeness (QED) is 0.487. The van der Waals surface area contributed by atoms with Gasteiger partial charge in [-0.3, -0.25) is 4.79 Å². The Labute approximate surface area is 167 Å². The van der Waals surface area contributed by atoms with Gasteiger partial charge in [0, 0.05) is 17.4 Å². The first-order valence-corrected chi connectivity index (χ1v) is 9.74. The van der Waals surface area contributed by atoms with Crippen molar-refractivity contribution in [3.63, 3.8) is 0 Å². The van der Waals surface area contributed by atoms with Crippen molar-refractivity contribution in [1.29, 1.82) is 0 Å². The first-order chi connectivity index (χ1) is 14.2. The number of ether oxygens (including phenoxy) is 2. The van der Waals surface area contributed by atoms with E-state index in [9.17, 15) is 9.18 Å². The predicted molar refractivity (Wildman–Crippen MR) is 104 cm³/mol. The number of amides is 1. The van der Waals surface area contributed by atoms with Gasteiger partial charge in [-0.05, 0) is 35.9 Å². The summed E-state index contributed by atoms with van der Waals surface area (Å²) in [4.78, 5) is 19.6. The van der Waals surface area contributed by atoms with Gasteiger partial charge in [0.25, 0.3) is 0 Å². The maximum atomic E-state index is 13.4. The molecule has 2 aromatic carbocycles. The number of fused-ring (bicyclic) bond motifs is 4. The lowest BCUT2D eigenvalue weighted by Gasteiger charge is -2.06. The predicted octanol–water partition coefficient (Wildman–Crippen LogP) is 2.78. The topological polar surface area (TPSA) is 102 Å². The van der Waals surface area contributed by atoms with Crippen LogP contribution in [0.5, 0.6) is 11.5 Å². The molecule has 8 nitrogen and oxygen atoms in total. The third-order valence-corrected chi connectivity index (χ3v) is 5.25. The van der Waals surface area contributed by atoms with E-state index in [1.165, 1.54) is 23.9 Å². The number of thioether (sulfide) groups is 1. The number of benzene rings is 2. The van der Waals surface area contributed by atoms with Crippen molar-refractivity contribution in [3.8, 4) is 11.5 Å². The number of rotatable bonds is 5. The number of carbonyl (C=O) groups is 1. The van der Waals surface area contributed by atoms with Crippen LogP contribution in [0, 0.1) is 5.82 Å². The van der Waals surface area contributed by atoms with Crippen LogP contribution in [-0.4, -0.2) is 38.6 Å².